The number of hydrogen-bond acceptors (Lipinski definition) is 3. The van der Waals surface area contributed by atoms with Gasteiger partial charge >= 0.3 is 0 Å². The summed E-state index contributed by atoms with van der Waals surface area (Å²) >= 11 is 0. The molecule has 20 heavy (non-hydrogen) atoms. The Morgan fingerprint density at radius 1 is 1.25 bits per heavy atom. The lowest BCUT2D eigenvalue weighted by Crippen LogP contribution is -2.30. The number of nitrogens with two attached hydrogens (primary N) is 1. The molecule has 0 saturated carbocycles. The van der Waals surface area contributed by atoms with Crippen molar-refractivity contribution in [3.8, 4) is 0 Å². The maximum atomic E-state index is 5.79. The van der Waals surface area contributed by atoms with Crippen LogP contribution in [-0.4, -0.2) is 9.78 Å². The van der Waals surface area contributed by atoms with Crippen LogP contribution in [0.15, 0.2) is 30.3 Å². The smallest absolute Gasteiger partial charge is 0.0624 e. The second-order valence-corrected chi connectivity index (χ2v) is 5.08. The van der Waals surface area contributed by atoms with Gasteiger partial charge in [0.05, 0.1) is 11.7 Å². The number of hydrazine groups is 1. The van der Waals surface area contributed by atoms with E-state index in [1.165, 1.54) is 16.8 Å². The summed E-state index contributed by atoms with van der Waals surface area (Å²) in [7, 11) is 1.99. The number of nitrogens with one attached hydrogen (secondary N) is 1. The van der Waals surface area contributed by atoms with E-state index in [-0.39, 0.29) is 6.04 Å². The average molecular weight is 272 g/mol. The summed E-state index contributed by atoms with van der Waals surface area (Å²) in [6.45, 7) is 4.29. The highest BCUT2D eigenvalue weighted by atomic mass is 15.3. The van der Waals surface area contributed by atoms with Gasteiger partial charge in [0.15, 0.2) is 0 Å². The summed E-state index contributed by atoms with van der Waals surface area (Å²) in [5.41, 5.74) is 7.90. The molecule has 1 aromatic carbocycles. The minimum atomic E-state index is 0.117. The third-order valence-electron chi connectivity index (χ3n) is 3.82. The minimum Gasteiger partial charge on any atom is -0.272 e. The molecular formula is C16H24N4. The SMILES string of the molecule is CCc1cc(CC(NN)c2ccccc2CC)n(C)n1. The molecule has 0 saturated heterocycles. The van der Waals surface area contributed by atoms with Gasteiger partial charge in [-0.05, 0) is 30.0 Å². The number of hydrogen-bond donors (Lipinski definition) is 2. The number of benzene rings is 1. The molecule has 0 amide bonds. The fraction of sp³-hybridized carbons (Fsp3) is 0.438. The van der Waals surface area contributed by atoms with Gasteiger partial charge in [-0.2, -0.15) is 5.10 Å². The maximum absolute atomic E-state index is 5.79. The summed E-state index contributed by atoms with van der Waals surface area (Å²) in [5.74, 6) is 5.79. The van der Waals surface area contributed by atoms with Crippen LogP contribution in [0.4, 0.5) is 0 Å². The van der Waals surface area contributed by atoms with Crippen LogP contribution in [0.25, 0.3) is 0 Å². The Morgan fingerprint density at radius 3 is 2.60 bits per heavy atom. The lowest BCUT2D eigenvalue weighted by molar-refractivity contribution is 0.526. The monoisotopic (exact) mass is 272 g/mol. The van der Waals surface area contributed by atoms with E-state index in [1.54, 1.807) is 0 Å². The quantitative estimate of drug-likeness (QED) is 0.626. The van der Waals surface area contributed by atoms with Crippen molar-refractivity contribution in [3.05, 3.63) is 52.8 Å². The van der Waals surface area contributed by atoms with Gasteiger partial charge in [0, 0.05) is 19.2 Å². The molecule has 0 aliphatic heterocycles. The number of rotatable bonds is 6. The van der Waals surface area contributed by atoms with E-state index >= 15 is 0 Å². The van der Waals surface area contributed by atoms with E-state index in [2.05, 4.69) is 54.7 Å². The van der Waals surface area contributed by atoms with Crippen molar-refractivity contribution in [2.45, 2.75) is 39.2 Å². The number of aromatic nitrogens is 2. The van der Waals surface area contributed by atoms with Crippen LogP contribution in [0.5, 0.6) is 0 Å². The van der Waals surface area contributed by atoms with E-state index in [0.717, 1.165) is 25.0 Å². The Morgan fingerprint density at radius 2 is 2.00 bits per heavy atom. The van der Waals surface area contributed by atoms with E-state index in [1.807, 2.05) is 11.7 Å². The first-order valence-corrected chi connectivity index (χ1v) is 7.25. The fourth-order valence-corrected chi connectivity index (χ4v) is 2.60. The van der Waals surface area contributed by atoms with E-state index in [4.69, 9.17) is 5.84 Å². The van der Waals surface area contributed by atoms with Crippen LogP contribution in [0.3, 0.4) is 0 Å². The molecule has 4 heteroatoms. The van der Waals surface area contributed by atoms with Crippen molar-refractivity contribution in [1.29, 1.82) is 0 Å². The predicted octanol–water partition coefficient (Wildman–Crippen LogP) is 2.29. The molecule has 108 valence electrons. The molecule has 0 radical (unpaired) electrons. The normalized spacial score (nSPS) is 12.6. The highest BCUT2D eigenvalue weighted by Crippen LogP contribution is 2.22. The average Bonchev–Trinajstić information content (AvgIpc) is 2.85. The summed E-state index contributed by atoms with van der Waals surface area (Å²) in [6, 6.07) is 10.8. The Labute approximate surface area is 121 Å². The lowest BCUT2D eigenvalue weighted by atomic mass is 9.96. The molecule has 0 aliphatic carbocycles. The Balaban J connectivity index is 2.26. The largest absolute Gasteiger partial charge is 0.272 e. The summed E-state index contributed by atoms with van der Waals surface area (Å²) < 4.78 is 1.96. The zero-order chi connectivity index (χ0) is 14.5. The summed E-state index contributed by atoms with van der Waals surface area (Å²) in [6.07, 6.45) is 2.82. The van der Waals surface area contributed by atoms with Crippen molar-refractivity contribution < 1.29 is 0 Å². The van der Waals surface area contributed by atoms with Gasteiger partial charge in [0.1, 0.15) is 0 Å². The molecule has 4 nitrogen and oxygen atoms in total. The third kappa shape index (κ3) is 3.08. The van der Waals surface area contributed by atoms with Crippen molar-refractivity contribution in [1.82, 2.24) is 15.2 Å². The van der Waals surface area contributed by atoms with Crippen molar-refractivity contribution in [2.75, 3.05) is 0 Å². The van der Waals surface area contributed by atoms with Crippen LogP contribution in [0.2, 0.25) is 0 Å². The van der Waals surface area contributed by atoms with Crippen molar-refractivity contribution in [2.24, 2.45) is 12.9 Å². The van der Waals surface area contributed by atoms with Crippen molar-refractivity contribution >= 4 is 0 Å². The van der Waals surface area contributed by atoms with Crippen LogP contribution in [-0.2, 0) is 26.3 Å². The zero-order valence-corrected chi connectivity index (χ0v) is 12.6. The molecule has 2 rings (SSSR count). The predicted molar refractivity (Wildman–Crippen MR) is 82.2 cm³/mol. The Hall–Kier alpha value is -1.65. The highest BCUT2D eigenvalue weighted by Gasteiger charge is 2.16. The van der Waals surface area contributed by atoms with Gasteiger partial charge in [-0.25, -0.2) is 0 Å². The van der Waals surface area contributed by atoms with Gasteiger partial charge in [-0.15, -0.1) is 0 Å². The zero-order valence-electron chi connectivity index (χ0n) is 12.6. The van der Waals surface area contributed by atoms with Crippen LogP contribution in [0, 0.1) is 0 Å². The molecule has 0 spiro atoms. The fourth-order valence-electron chi connectivity index (χ4n) is 2.60. The van der Waals surface area contributed by atoms with Gasteiger partial charge in [-0.1, -0.05) is 38.1 Å². The van der Waals surface area contributed by atoms with Crippen LogP contribution < -0.4 is 11.3 Å². The van der Waals surface area contributed by atoms with E-state index in [0.29, 0.717) is 0 Å². The van der Waals surface area contributed by atoms with Gasteiger partial charge < -0.3 is 0 Å². The summed E-state index contributed by atoms with van der Waals surface area (Å²) in [5, 5.41) is 4.50. The molecule has 1 atom stereocenters. The second-order valence-electron chi connectivity index (χ2n) is 5.08. The maximum Gasteiger partial charge on any atom is 0.0624 e. The van der Waals surface area contributed by atoms with Gasteiger partial charge in [0.2, 0.25) is 0 Å². The molecule has 0 aliphatic rings. The molecule has 0 bridgehead atoms. The van der Waals surface area contributed by atoms with Crippen molar-refractivity contribution in [3.63, 3.8) is 0 Å². The molecule has 1 unspecified atom stereocenters. The second kappa shape index (κ2) is 6.68. The number of aryl methyl sites for hydroxylation is 3. The van der Waals surface area contributed by atoms with Gasteiger partial charge in [-0.3, -0.25) is 16.0 Å². The standard InChI is InChI=1S/C16H24N4/c1-4-12-8-6-7-9-15(12)16(18-17)11-14-10-13(5-2)19-20(14)3/h6-10,16,18H,4-5,11,17H2,1-3H3. The molecule has 1 heterocycles. The first kappa shape index (κ1) is 14.8. The Kier molecular flexibility index (Phi) is 4.93. The van der Waals surface area contributed by atoms with Crippen LogP contribution >= 0.6 is 0 Å². The highest BCUT2D eigenvalue weighted by molar-refractivity contribution is 5.31. The number of nitrogens with zero attached hydrogens (tertiary/aromatic N) is 2. The minimum absolute atomic E-state index is 0.117. The topological polar surface area (TPSA) is 55.9 Å². The summed E-state index contributed by atoms with van der Waals surface area (Å²) in [4.78, 5) is 0. The van der Waals surface area contributed by atoms with E-state index in [9.17, 15) is 0 Å². The van der Waals surface area contributed by atoms with E-state index < -0.39 is 0 Å². The Bertz CT molecular complexity index is 559. The first-order valence-electron chi connectivity index (χ1n) is 7.25. The molecule has 1 aromatic heterocycles. The molecule has 0 fully saturated rings. The first-order chi connectivity index (χ1) is 9.69. The third-order valence-corrected chi connectivity index (χ3v) is 3.82. The lowest BCUT2D eigenvalue weighted by Gasteiger charge is -2.19. The molecule has 2 aromatic rings. The molecule has 3 N–H and O–H groups in total. The van der Waals surface area contributed by atoms with Crippen LogP contribution in [0.1, 0.15) is 42.4 Å². The molecular weight excluding hydrogens is 248 g/mol. The van der Waals surface area contributed by atoms with Gasteiger partial charge in [0.25, 0.3) is 0 Å².